The number of nitro groups is 1. The van der Waals surface area contributed by atoms with Crippen LogP contribution in [0.4, 0.5) is 23.3 Å². The van der Waals surface area contributed by atoms with Crippen molar-refractivity contribution in [1.29, 1.82) is 0 Å². The molecule has 1 saturated carbocycles. The van der Waals surface area contributed by atoms with Gasteiger partial charge in [-0.25, -0.2) is 0 Å². The minimum absolute atomic E-state index is 0.0514. The van der Waals surface area contributed by atoms with Crippen LogP contribution in [0.1, 0.15) is 44.9 Å². The van der Waals surface area contributed by atoms with Gasteiger partial charge in [-0.15, -0.1) is 0 Å². The maximum atomic E-state index is 11.3. The first-order valence-electron chi connectivity index (χ1n) is 8.57. The highest BCUT2D eigenvalue weighted by Gasteiger charge is 2.25. The van der Waals surface area contributed by atoms with Crippen LogP contribution in [0.15, 0.2) is 0 Å². The monoisotopic (exact) mass is 336 g/mol. The Labute approximate surface area is 140 Å². The molecule has 9 heteroatoms. The third-order valence-electron chi connectivity index (χ3n) is 4.55. The fourth-order valence-corrected chi connectivity index (χ4v) is 3.29. The molecule has 0 bridgehead atoms. The molecule has 1 aliphatic carbocycles. The van der Waals surface area contributed by atoms with E-state index >= 15 is 0 Å². The molecule has 0 radical (unpaired) electrons. The molecule has 2 fully saturated rings. The number of nitrogen functional groups attached to an aromatic ring is 1. The molecule has 0 spiro atoms. The van der Waals surface area contributed by atoms with Crippen LogP contribution in [0.25, 0.3) is 0 Å². The Morgan fingerprint density at radius 1 is 1.21 bits per heavy atom. The molecule has 1 saturated heterocycles. The first-order valence-corrected chi connectivity index (χ1v) is 8.57. The molecule has 24 heavy (non-hydrogen) atoms. The molecular formula is C15H24N6O3. The van der Waals surface area contributed by atoms with Crippen LogP contribution in [0.2, 0.25) is 0 Å². The summed E-state index contributed by atoms with van der Waals surface area (Å²) in [6.07, 6.45) is 7.70. The smallest absolute Gasteiger partial charge is 0.353 e. The van der Waals surface area contributed by atoms with E-state index in [1.807, 2.05) is 0 Å². The molecule has 2 heterocycles. The Bertz CT molecular complexity index is 585. The zero-order valence-electron chi connectivity index (χ0n) is 13.7. The van der Waals surface area contributed by atoms with Crippen molar-refractivity contribution in [3.63, 3.8) is 0 Å². The zero-order chi connectivity index (χ0) is 16.9. The fraction of sp³-hybridized carbons (Fsp3) is 0.733. The van der Waals surface area contributed by atoms with Gasteiger partial charge >= 0.3 is 5.69 Å². The number of anilines is 3. The number of rotatable bonds is 6. The number of hydrogen-bond donors (Lipinski definition) is 3. The van der Waals surface area contributed by atoms with Crippen molar-refractivity contribution in [2.24, 2.45) is 0 Å². The van der Waals surface area contributed by atoms with Crippen LogP contribution in [-0.4, -0.2) is 40.2 Å². The molecule has 4 N–H and O–H groups in total. The van der Waals surface area contributed by atoms with E-state index in [2.05, 4.69) is 20.6 Å². The molecule has 1 aliphatic heterocycles. The number of aromatic nitrogens is 2. The summed E-state index contributed by atoms with van der Waals surface area (Å²) in [5.41, 5.74) is 5.53. The minimum Gasteiger partial charge on any atom is -0.378 e. The van der Waals surface area contributed by atoms with Gasteiger partial charge in [0.25, 0.3) is 0 Å². The first-order chi connectivity index (χ1) is 11.6. The molecule has 132 valence electrons. The van der Waals surface area contributed by atoms with Crippen LogP contribution < -0.4 is 16.4 Å². The van der Waals surface area contributed by atoms with Crippen molar-refractivity contribution < 1.29 is 9.66 Å². The summed E-state index contributed by atoms with van der Waals surface area (Å²) < 4.78 is 5.53. The van der Waals surface area contributed by atoms with Gasteiger partial charge in [-0.1, -0.05) is 19.3 Å². The maximum absolute atomic E-state index is 11.3. The van der Waals surface area contributed by atoms with Crippen molar-refractivity contribution in [2.75, 3.05) is 29.5 Å². The van der Waals surface area contributed by atoms with Crippen molar-refractivity contribution in [2.45, 2.75) is 57.1 Å². The van der Waals surface area contributed by atoms with Crippen molar-refractivity contribution >= 4 is 23.3 Å². The third kappa shape index (κ3) is 4.02. The summed E-state index contributed by atoms with van der Waals surface area (Å²) in [4.78, 5) is 19.1. The average Bonchev–Trinajstić information content (AvgIpc) is 3.06. The molecule has 9 nitrogen and oxygen atoms in total. The molecule has 1 atom stereocenters. The van der Waals surface area contributed by atoms with Gasteiger partial charge < -0.3 is 21.1 Å². The molecule has 3 rings (SSSR count). The number of nitrogens with zero attached hydrogens (tertiary/aromatic N) is 3. The Kier molecular flexibility index (Phi) is 5.29. The number of hydrogen-bond acceptors (Lipinski definition) is 8. The van der Waals surface area contributed by atoms with Gasteiger partial charge in [0.2, 0.25) is 17.6 Å². The predicted octanol–water partition coefficient (Wildman–Crippen LogP) is 2.30. The Hall–Kier alpha value is -2.16. The van der Waals surface area contributed by atoms with Crippen molar-refractivity contribution in [3.8, 4) is 0 Å². The van der Waals surface area contributed by atoms with E-state index in [0.717, 1.165) is 32.3 Å². The first kappa shape index (κ1) is 16.7. The lowest BCUT2D eigenvalue weighted by atomic mass is 9.96. The standard InChI is InChI=1S/C15H24N6O3/c16-13-12(21(22)23)14(17-9-11-7-4-8-24-11)20-15(19-13)18-10-5-2-1-3-6-10/h10-11H,1-9H2,(H4,16,17,18,19,20)/t11-/m1/s1. The van der Waals surface area contributed by atoms with Crippen LogP contribution in [0, 0.1) is 10.1 Å². The van der Waals surface area contributed by atoms with E-state index in [-0.39, 0.29) is 23.4 Å². The van der Waals surface area contributed by atoms with Gasteiger partial charge in [-0.3, -0.25) is 10.1 Å². The summed E-state index contributed by atoms with van der Waals surface area (Å²) in [5.74, 6) is 0.379. The third-order valence-corrected chi connectivity index (χ3v) is 4.55. The maximum Gasteiger partial charge on any atom is 0.353 e. The van der Waals surface area contributed by atoms with Crippen LogP contribution in [-0.2, 0) is 4.74 Å². The van der Waals surface area contributed by atoms with E-state index in [9.17, 15) is 10.1 Å². The fourth-order valence-electron chi connectivity index (χ4n) is 3.29. The molecule has 1 aromatic rings. The summed E-state index contributed by atoms with van der Waals surface area (Å²) in [5, 5.41) is 17.6. The Morgan fingerprint density at radius 2 is 2.00 bits per heavy atom. The predicted molar refractivity (Wildman–Crippen MR) is 91.1 cm³/mol. The summed E-state index contributed by atoms with van der Waals surface area (Å²) in [6.45, 7) is 1.20. The second-order valence-corrected chi connectivity index (χ2v) is 6.38. The van der Waals surface area contributed by atoms with E-state index in [0.29, 0.717) is 18.5 Å². The highest BCUT2D eigenvalue weighted by molar-refractivity contribution is 5.70. The second kappa shape index (κ2) is 7.61. The largest absolute Gasteiger partial charge is 0.378 e. The van der Waals surface area contributed by atoms with Gasteiger partial charge in [-0.2, -0.15) is 9.97 Å². The molecule has 0 aromatic carbocycles. The SMILES string of the molecule is Nc1nc(NC2CCCCC2)nc(NC[C@H]2CCCO2)c1[N+](=O)[O-]. The Morgan fingerprint density at radius 3 is 2.67 bits per heavy atom. The molecule has 0 amide bonds. The van der Waals surface area contributed by atoms with E-state index in [1.165, 1.54) is 19.3 Å². The lowest BCUT2D eigenvalue weighted by molar-refractivity contribution is -0.383. The highest BCUT2D eigenvalue weighted by atomic mass is 16.6. The van der Waals surface area contributed by atoms with Crippen molar-refractivity contribution in [1.82, 2.24) is 9.97 Å². The van der Waals surface area contributed by atoms with E-state index in [1.54, 1.807) is 0 Å². The summed E-state index contributed by atoms with van der Waals surface area (Å²) >= 11 is 0. The van der Waals surface area contributed by atoms with Gasteiger partial charge in [0.05, 0.1) is 11.0 Å². The topological polar surface area (TPSA) is 128 Å². The summed E-state index contributed by atoms with van der Waals surface area (Å²) in [6, 6.07) is 0.297. The van der Waals surface area contributed by atoms with Gasteiger partial charge in [0.15, 0.2) is 0 Å². The molecule has 1 aromatic heterocycles. The van der Waals surface area contributed by atoms with Crippen LogP contribution in [0.5, 0.6) is 0 Å². The molecule has 2 aliphatic rings. The normalized spacial score (nSPS) is 21.6. The molecular weight excluding hydrogens is 312 g/mol. The van der Waals surface area contributed by atoms with Gasteiger partial charge in [0, 0.05) is 19.2 Å². The van der Waals surface area contributed by atoms with Gasteiger partial charge in [0.1, 0.15) is 0 Å². The summed E-state index contributed by atoms with van der Waals surface area (Å²) in [7, 11) is 0. The molecule has 0 unspecified atom stereocenters. The van der Waals surface area contributed by atoms with Crippen LogP contribution >= 0.6 is 0 Å². The van der Waals surface area contributed by atoms with E-state index in [4.69, 9.17) is 10.5 Å². The lowest BCUT2D eigenvalue weighted by Crippen LogP contribution is -2.25. The zero-order valence-corrected chi connectivity index (χ0v) is 13.7. The average molecular weight is 336 g/mol. The van der Waals surface area contributed by atoms with Crippen LogP contribution in [0.3, 0.4) is 0 Å². The van der Waals surface area contributed by atoms with Crippen molar-refractivity contribution in [3.05, 3.63) is 10.1 Å². The van der Waals surface area contributed by atoms with E-state index < -0.39 is 4.92 Å². The number of ether oxygens (including phenoxy) is 1. The number of nitrogens with two attached hydrogens (primary N) is 1. The lowest BCUT2D eigenvalue weighted by Gasteiger charge is -2.23. The minimum atomic E-state index is -0.544. The quantitative estimate of drug-likeness (QED) is 0.533. The Balaban J connectivity index is 1.75. The second-order valence-electron chi connectivity index (χ2n) is 6.38. The van der Waals surface area contributed by atoms with Gasteiger partial charge in [-0.05, 0) is 25.7 Å². The highest BCUT2D eigenvalue weighted by Crippen LogP contribution is 2.30. The number of nitrogens with one attached hydrogen (secondary N) is 2.